The summed E-state index contributed by atoms with van der Waals surface area (Å²) in [6.45, 7) is 27.8. The van der Waals surface area contributed by atoms with Gasteiger partial charge in [-0.25, -0.2) is 4.79 Å². The molecule has 51 heavy (non-hydrogen) atoms. The zero-order chi connectivity index (χ0) is 36.6. The van der Waals surface area contributed by atoms with Gasteiger partial charge in [0.25, 0.3) is 0 Å². The number of nitrogens with one attached hydrogen (secondary N) is 1. The van der Waals surface area contributed by atoms with Gasteiger partial charge in [-0.3, -0.25) is 9.69 Å². The van der Waals surface area contributed by atoms with E-state index in [9.17, 15) is 14.7 Å². The lowest BCUT2D eigenvalue weighted by molar-refractivity contribution is -0.219. The molecule has 6 heteroatoms. The average molecular weight is 698 g/mol. The molecule has 1 heterocycles. The van der Waals surface area contributed by atoms with Crippen LogP contribution in [0.2, 0.25) is 0 Å². The van der Waals surface area contributed by atoms with Crippen LogP contribution in [-0.2, 0) is 4.79 Å². The molecule has 6 nitrogen and oxygen atoms in total. The van der Waals surface area contributed by atoms with E-state index in [1.807, 2.05) is 24.0 Å². The van der Waals surface area contributed by atoms with Crippen LogP contribution < -0.4 is 5.32 Å². The molecule has 280 valence electrons. The number of carboxylic acid groups (broad SMARTS) is 1. The second-order valence-electron chi connectivity index (χ2n) is 19.3. The van der Waals surface area contributed by atoms with Gasteiger partial charge >= 0.3 is 5.97 Å². The molecule has 0 radical (unpaired) electrons. The van der Waals surface area contributed by atoms with Crippen molar-refractivity contribution in [1.29, 1.82) is 0 Å². The quantitative estimate of drug-likeness (QED) is 0.266. The Labute approximate surface area is 308 Å². The third-order valence-corrected chi connectivity index (χ3v) is 17.0. The number of aromatic carboxylic acids is 1. The van der Waals surface area contributed by atoms with Gasteiger partial charge in [0.05, 0.1) is 5.56 Å². The maximum Gasteiger partial charge on any atom is 0.335 e. The molecule has 2 N–H and O–H groups in total. The Bertz CT molecular complexity index is 1560. The largest absolute Gasteiger partial charge is 0.478 e. The molecule has 5 aliphatic carbocycles. The van der Waals surface area contributed by atoms with Crippen molar-refractivity contribution >= 4 is 17.4 Å². The van der Waals surface area contributed by atoms with Crippen molar-refractivity contribution in [2.24, 2.45) is 51.2 Å². The number of carboxylic acids is 1. The second-order valence-corrected chi connectivity index (χ2v) is 19.3. The van der Waals surface area contributed by atoms with Crippen molar-refractivity contribution in [3.8, 4) is 0 Å². The minimum atomic E-state index is -0.861. The predicted molar refractivity (Wildman–Crippen MR) is 207 cm³/mol. The molecule has 1 saturated heterocycles. The van der Waals surface area contributed by atoms with Gasteiger partial charge in [-0.05, 0) is 139 Å². The van der Waals surface area contributed by atoms with Crippen LogP contribution in [-0.4, -0.2) is 71.6 Å². The topological polar surface area (TPSA) is 72.9 Å². The summed E-state index contributed by atoms with van der Waals surface area (Å²) in [4.78, 5) is 28.4. The third kappa shape index (κ3) is 5.70. The fourth-order valence-electron chi connectivity index (χ4n) is 14.2. The monoisotopic (exact) mass is 698 g/mol. The van der Waals surface area contributed by atoms with E-state index < -0.39 is 5.97 Å². The van der Waals surface area contributed by atoms with Crippen LogP contribution in [0.3, 0.4) is 0 Å². The molecule has 1 aromatic carbocycles. The minimum absolute atomic E-state index is 0.0249. The van der Waals surface area contributed by atoms with Crippen LogP contribution in [0.25, 0.3) is 5.57 Å². The molecule has 0 bridgehead atoms. The minimum Gasteiger partial charge on any atom is -0.478 e. The number of amides is 1. The van der Waals surface area contributed by atoms with E-state index in [1.165, 1.54) is 68.1 Å². The Morgan fingerprint density at radius 1 is 0.882 bits per heavy atom. The van der Waals surface area contributed by atoms with E-state index in [4.69, 9.17) is 0 Å². The Kier molecular flexibility index (Phi) is 9.51. The lowest BCUT2D eigenvalue weighted by Crippen LogP contribution is -2.68. The highest BCUT2D eigenvalue weighted by atomic mass is 16.4. The highest BCUT2D eigenvalue weighted by molar-refractivity contribution is 5.88. The second kappa shape index (κ2) is 13.1. The number of fused-ring (bicyclic) bond motifs is 7. The molecular formula is C45H67N3O3. The van der Waals surface area contributed by atoms with Crippen molar-refractivity contribution in [3.05, 3.63) is 53.6 Å². The van der Waals surface area contributed by atoms with Gasteiger partial charge in [0.1, 0.15) is 0 Å². The SMILES string of the molecule is C=C(C)[C@@H]1CC[C@]2(NCCN3CCN(C(=O)CC)CC3)CC[C@]3(C)[C@H](CCC4[C@@]5(C)CC=C(c6ccc(C(=O)O)cc6)C(C)(C)C5CC[C@]43C)C12. The van der Waals surface area contributed by atoms with E-state index in [2.05, 4.69) is 64.4 Å². The number of piperazine rings is 1. The molecule has 1 aliphatic heterocycles. The van der Waals surface area contributed by atoms with Gasteiger partial charge in [0.15, 0.2) is 0 Å². The number of carbonyl (C=O) groups is 2. The highest BCUT2D eigenvalue weighted by Crippen LogP contribution is 2.76. The molecule has 0 spiro atoms. The van der Waals surface area contributed by atoms with Crippen molar-refractivity contribution in [2.45, 2.75) is 118 Å². The first-order valence-corrected chi connectivity index (χ1v) is 20.6. The summed E-state index contributed by atoms with van der Waals surface area (Å²) < 4.78 is 0. The number of allylic oxidation sites excluding steroid dienone is 3. The van der Waals surface area contributed by atoms with Crippen molar-refractivity contribution in [1.82, 2.24) is 15.1 Å². The van der Waals surface area contributed by atoms with Crippen LogP contribution in [0.5, 0.6) is 0 Å². The first-order chi connectivity index (χ1) is 24.1. The van der Waals surface area contributed by atoms with Gasteiger partial charge in [-0.2, -0.15) is 0 Å². The number of benzene rings is 1. The van der Waals surface area contributed by atoms with Crippen LogP contribution >= 0.6 is 0 Å². The summed E-state index contributed by atoms with van der Waals surface area (Å²) in [5.74, 6) is 2.69. The fourth-order valence-corrected chi connectivity index (χ4v) is 14.2. The molecule has 9 atom stereocenters. The summed E-state index contributed by atoms with van der Waals surface area (Å²) >= 11 is 0. The maximum atomic E-state index is 12.2. The van der Waals surface area contributed by atoms with Crippen molar-refractivity contribution in [2.75, 3.05) is 39.3 Å². The molecule has 4 saturated carbocycles. The van der Waals surface area contributed by atoms with E-state index >= 15 is 0 Å². The first-order valence-electron chi connectivity index (χ1n) is 20.6. The van der Waals surface area contributed by atoms with Gasteiger partial charge in [-0.15, -0.1) is 0 Å². The summed E-state index contributed by atoms with van der Waals surface area (Å²) in [5, 5.41) is 13.8. The van der Waals surface area contributed by atoms with Crippen LogP contribution in [0.15, 0.2) is 42.5 Å². The standard InChI is InChI=1S/C45H67N3O3/c1-9-38(49)48-28-26-47(27-29-48)25-24-46-45-21-16-33(30(2)3)39(45)35-14-15-37-42(6)19-17-34(31-10-12-32(13-11-31)40(50)51)41(4,5)36(42)18-20-44(37,8)43(35,7)22-23-45/h10-13,17,33,35-37,39,46H,2,9,14-16,18-29H2,1,3-8H3,(H,50,51)/t33-,35+,36?,37?,39?,42-,43+,44+,45-/m0/s1. The Morgan fingerprint density at radius 3 is 2.24 bits per heavy atom. The van der Waals surface area contributed by atoms with E-state index in [0.717, 1.165) is 45.7 Å². The lowest BCUT2D eigenvalue weighted by Gasteiger charge is -2.72. The van der Waals surface area contributed by atoms with Gasteiger partial charge in [0.2, 0.25) is 5.91 Å². The number of carbonyl (C=O) groups excluding carboxylic acids is 1. The molecule has 1 amide bonds. The van der Waals surface area contributed by atoms with Crippen LogP contribution in [0.1, 0.15) is 129 Å². The Morgan fingerprint density at radius 2 is 1.59 bits per heavy atom. The van der Waals surface area contributed by atoms with Gasteiger partial charge in [-0.1, -0.05) is 71.9 Å². The normalized spacial score (nSPS) is 40.3. The summed E-state index contributed by atoms with van der Waals surface area (Å²) in [6, 6.07) is 7.63. The zero-order valence-electron chi connectivity index (χ0n) is 33.0. The number of hydrogen-bond acceptors (Lipinski definition) is 4. The summed E-state index contributed by atoms with van der Waals surface area (Å²) in [5.41, 5.74) is 5.44. The molecule has 6 aliphatic rings. The summed E-state index contributed by atoms with van der Waals surface area (Å²) in [6.07, 6.45) is 14.6. The molecular weight excluding hydrogens is 631 g/mol. The number of hydrogen-bond donors (Lipinski definition) is 2. The molecule has 0 aromatic heterocycles. The molecule has 3 unspecified atom stereocenters. The van der Waals surface area contributed by atoms with E-state index in [-0.39, 0.29) is 16.4 Å². The maximum absolute atomic E-state index is 12.2. The number of rotatable bonds is 8. The van der Waals surface area contributed by atoms with Crippen molar-refractivity contribution in [3.63, 3.8) is 0 Å². The lowest BCUT2D eigenvalue weighted by atomic mass is 9.33. The average Bonchev–Trinajstić information content (AvgIpc) is 3.48. The van der Waals surface area contributed by atoms with Crippen LogP contribution in [0, 0.1) is 51.2 Å². The molecule has 5 fully saturated rings. The Hall–Kier alpha value is -2.44. The van der Waals surface area contributed by atoms with Gasteiger partial charge < -0.3 is 15.3 Å². The molecule has 1 aromatic rings. The third-order valence-electron chi connectivity index (χ3n) is 17.0. The Balaban J connectivity index is 1.11. The first kappa shape index (κ1) is 36.9. The van der Waals surface area contributed by atoms with E-state index in [0.29, 0.717) is 58.3 Å². The summed E-state index contributed by atoms with van der Waals surface area (Å²) in [7, 11) is 0. The highest BCUT2D eigenvalue weighted by Gasteiger charge is 2.70. The zero-order valence-corrected chi connectivity index (χ0v) is 33.0. The van der Waals surface area contributed by atoms with E-state index in [1.54, 1.807) is 12.1 Å². The fraction of sp³-hybridized carbons (Fsp3) is 0.733. The molecule has 7 rings (SSSR count). The number of nitrogens with zero attached hydrogens (tertiary/aromatic N) is 2. The van der Waals surface area contributed by atoms with Crippen molar-refractivity contribution < 1.29 is 14.7 Å². The van der Waals surface area contributed by atoms with Gasteiger partial charge in [0, 0.05) is 51.2 Å². The smallest absolute Gasteiger partial charge is 0.335 e. The predicted octanol–water partition coefficient (Wildman–Crippen LogP) is 8.93. The van der Waals surface area contributed by atoms with Crippen LogP contribution in [0.4, 0.5) is 0 Å².